The van der Waals surface area contributed by atoms with Crippen molar-refractivity contribution in [2.75, 3.05) is 0 Å². The van der Waals surface area contributed by atoms with Crippen LogP contribution in [-0.2, 0) is 19.8 Å². The normalized spacial score (nSPS) is 11.4. The molecule has 0 fully saturated rings. The Morgan fingerprint density at radius 3 is 2.08 bits per heavy atom. The van der Waals surface area contributed by atoms with Crippen LogP contribution in [0.3, 0.4) is 0 Å². The number of nitrogens with one attached hydrogen (secondary N) is 1. The molecular weight excluding hydrogens is 190 g/mol. The second kappa shape index (κ2) is 5.52. The molecule has 0 aliphatic carbocycles. The number of rotatable bonds is 6. The number of quaternary nitrogens is 1. The minimum Gasteiger partial charge on any atom is -0.728 e. The average Bonchev–Trinajstić information content (AvgIpc) is 2.15. The van der Waals surface area contributed by atoms with Crippen LogP contribution in [0.1, 0.15) is 0 Å². The topological polar surface area (TPSA) is 158 Å². The molecule has 0 aromatic rings. The van der Waals surface area contributed by atoms with E-state index in [0.29, 0.717) is 0 Å². The highest BCUT2D eigenvalue weighted by Crippen LogP contribution is 1.99. The van der Waals surface area contributed by atoms with Crippen molar-refractivity contribution in [2.45, 2.75) is 0 Å². The summed E-state index contributed by atoms with van der Waals surface area (Å²) in [4.78, 5) is 15.4. The lowest BCUT2D eigenvalue weighted by molar-refractivity contribution is -1.40. The summed E-state index contributed by atoms with van der Waals surface area (Å²) in [5, 5.41) is 10.8. The van der Waals surface area contributed by atoms with Gasteiger partial charge in [-0.3, -0.25) is 0 Å². The molecule has 0 rings (SSSR count). The van der Waals surface area contributed by atoms with Crippen molar-refractivity contribution in [3.63, 3.8) is 0 Å². The first-order chi connectivity index (χ1) is 6.14. The maximum absolute atomic E-state index is 10.5. The largest absolute Gasteiger partial charge is 0.728 e. The predicted octanol–water partition coefficient (Wildman–Crippen LogP) is -2.75. The van der Waals surface area contributed by atoms with Gasteiger partial charge in [0.2, 0.25) is 10.1 Å². The Balaban J connectivity index is 4.17. The number of nitrogens with zero attached hydrogens (tertiary/aromatic N) is 3. The molecular formula is CH8N7O5+. The van der Waals surface area contributed by atoms with E-state index < -0.39 is 10.4 Å². The lowest BCUT2D eigenvalue weighted by Crippen LogP contribution is -2.65. The van der Waals surface area contributed by atoms with Crippen LogP contribution in [0.2, 0.25) is 0 Å². The molecule has 12 heteroatoms. The van der Waals surface area contributed by atoms with Gasteiger partial charge in [0.1, 0.15) is 0 Å². The summed E-state index contributed by atoms with van der Waals surface area (Å²) >= 11 is 0. The summed E-state index contributed by atoms with van der Waals surface area (Å²) in [6.45, 7) is 4.47. The van der Waals surface area contributed by atoms with Crippen molar-refractivity contribution in [1.82, 2.24) is 10.9 Å². The first kappa shape index (κ1) is 11.9. The van der Waals surface area contributed by atoms with Crippen molar-refractivity contribution in [1.29, 1.82) is 0 Å². The molecule has 0 bridgehead atoms. The molecule has 0 aliphatic rings. The van der Waals surface area contributed by atoms with Gasteiger partial charge in [-0.2, -0.15) is 17.7 Å². The third-order valence-electron chi connectivity index (χ3n) is 0.742. The fraction of sp³-hybridized carbons (Fsp3) is 0. The van der Waals surface area contributed by atoms with Crippen LogP contribution in [0.4, 0.5) is 0 Å². The summed E-state index contributed by atoms with van der Waals surface area (Å²) in [5.74, 6) is 13.8. The van der Waals surface area contributed by atoms with Crippen LogP contribution >= 0.6 is 0 Å². The van der Waals surface area contributed by atoms with Crippen molar-refractivity contribution >= 4 is 0 Å². The lowest BCUT2D eigenvalue weighted by Gasteiger charge is -2.24. The zero-order valence-electron chi connectivity index (χ0n) is 6.19. The Bertz CT molecular complexity index is 166. The van der Waals surface area contributed by atoms with Gasteiger partial charge >= 0.3 is 6.57 Å². The van der Waals surface area contributed by atoms with E-state index in [-0.39, 0.29) is 0 Å². The van der Waals surface area contributed by atoms with Gasteiger partial charge in [0.15, 0.2) is 0 Å². The van der Waals surface area contributed by atoms with E-state index in [4.69, 9.17) is 0 Å². The third kappa shape index (κ3) is 3.41. The fourth-order valence-corrected chi connectivity index (χ4v) is 0.306. The summed E-state index contributed by atoms with van der Waals surface area (Å²) in [7, 11) is 0. The molecule has 0 saturated heterocycles. The molecule has 0 unspecified atom stereocenters. The zero-order chi connectivity index (χ0) is 10.3. The fourth-order valence-electron chi connectivity index (χ4n) is 0.306. The summed E-state index contributed by atoms with van der Waals surface area (Å²) in [6.07, 6.45) is 0. The van der Waals surface area contributed by atoms with Gasteiger partial charge in [0, 0.05) is 5.53 Å². The van der Waals surface area contributed by atoms with E-state index in [1.165, 1.54) is 0 Å². The van der Waals surface area contributed by atoms with E-state index in [9.17, 15) is 5.21 Å². The Labute approximate surface area is 71.4 Å². The van der Waals surface area contributed by atoms with Crippen molar-refractivity contribution in [3.05, 3.63) is 10.2 Å². The highest BCUT2D eigenvalue weighted by Gasteiger charge is 2.37. The van der Waals surface area contributed by atoms with E-state index in [2.05, 4.69) is 49.0 Å². The molecule has 7 N–H and O–H groups in total. The molecule has 0 heterocycles. The van der Waals surface area contributed by atoms with E-state index in [1.54, 1.807) is 5.53 Å². The maximum Gasteiger partial charge on any atom is 0.338 e. The van der Waals surface area contributed by atoms with Crippen LogP contribution < -0.4 is 23.2 Å². The maximum atomic E-state index is 10.5. The van der Waals surface area contributed by atoms with E-state index in [0.717, 1.165) is 0 Å². The molecule has 0 aromatic carbocycles. The highest BCUT2D eigenvalue weighted by atomic mass is 17.3. The van der Waals surface area contributed by atoms with Crippen LogP contribution in [0.25, 0.3) is 5.01 Å². The van der Waals surface area contributed by atoms with Gasteiger partial charge in [-0.15, -0.1) is 0 Å². The Morgan fingerprint density at radius 2 is 1.77 bits per heavy atom. The molecule has 0 aromatic heterocycles. The highest BCUT2D eigenvalue weighted by molar-refractivity contribution is 4.41. The van der Waals surface area contributed by atoms with Gasteiger partial charge in [0.25, 0.3) is 0 Å². The molecule has 0 spiro atoms. The Hall–Kier alpha value is -1.11. The van der Waals surface area contributed by atoms with Gasteiger partial charge in [0.05, 0.1) is 0 Å². The van der Waals surface area contributed by atoms with Crippen molar-refractivity contribution in [2.24, 2.45) is 17.7 Å². The molecule has 12 nitrogen and oxygen atoms in total. The number of nitrogens with two attached hydrogens (primary N) is 3. The minimum absolute atomic E-state index is 0.452. The predicted molar refractivity (Wildman–Crippen MR) is 33.8 cm³/mol. The number of hydrogen-bond donors (Lipinski definition) is 4. The quantitative estimate of drug-likeness (QED) is 0.260. The SMILES string of the molecule is C#[N+]ON([O-])N[N+](ON)(ON)ON. The summed E-state index contributed by atoms with van der Waals surface area (Å²) in [5.41, 5.74) is 1.56. The minimum atomic E-state index is -1.74. The van der Waals surface area contributed by atoms with Crippen LogP contribution in [-0.4, -0.2) is 10.4 Å². The van der Waals surface area contributed by atoms with Gasteiger partial charge < -0.3 is 5.21 Å². The zero-order valence-corrected chi connectivity index (χ0v) is 6.19. The first-order valence-corrected chi connectivity index (χ1v) is 2.51. The van der Waals surface area contributed by atoms with Gasteiger partial charge in [-0.25, -0.2) is 0 Å². The summed E-state index contributed by atoms with van der Waals surface area (Å²) < 4.78 is 0. The van der Waals surface area contributed by atoms with Gasteiger partial charge in [-0.05, 0) is 25.1 Å². The van der Waals surface area contributed by atoms with Crippen LogP contribution in [0, 0.1) is 11.8 Å². The average molecular weight is 198 g/mol. The Kier molecular flexibility index (Phi) is 5.05. The smallest absolute Gasteiger partial charge is 0.338 e. The first-order valence-electron chi connectivity index (χ1n) is 2.51. The number of hydrazine groups is 1. The molecule has 0 radical (unpaired) electrons. The summed E-state index contributed by atoms with van der Waals surface area (Å²) in [6, 6.07) is 0. The third-order valence-corrected chi connectivity index (χ3v) is 0.742. The van der Waals surface area contributed by atoms with Crippen molar-refractivity contribution < 1.29 is 24.8 Å². The lowest BCUT2D eigenvalue weighted by atomic mass is 11.8. The number of hydrogen-bond acceptors (Lipinski definition) is 10. The standard InChI is InChI=1S/CH8N7O5/c1-5-13-7(9)6-8(10-2,11-3)12-4/h1,6H,2-4H2/q+1. The monoisotopic (exact) mass is 198 g/mol. The molecule has 76 valence electrons. The van der Waals surface area contributed by atoms with Gasteiger partial charge in [-0.1, -0.05) is 0 Å². The second-order valence-corrected chi connectivity index (χ2v) is 1.36. The molecule has 0 amide bonds. The Morgan fingerprint density at radius 1 is 1.31 bits per heavy atom. The second-order valence-electron chi connectivity index (χ2n) is 1.36. The molecule has 13 heavy (non-hydrogen) atoms. The molecule has 0 aliphatic heterocycles. The molecule has 0 saturated carbocycles. The van der Waals surface area contributed by atoms with E-state index in [1.807, 2.05) is 0 Å². The molecule has 0 atom stereocenters. The van der Waals surface area contributed by atoms with Crippen LogP contribution in [0.15, 0.2) is 0 Å². The van der Waals surface area contributed by atoms with E-state index >= 15 is 0 Å². The van der Waals surface area contributed by atoms with Crippen molar-refractivity contribution in [3.8, 4) is 6.57 Å². The van der Waals surface area contributed by atoms with Crippen LogP contribution in [0.5, 0.6) is 0 Å².